The van der Waals surface area contributed by atoms with Crippen LogP contribution in [-0.2, 0) is 13.1 Å². The Labute approximate surface area is 129 Å². The van der Waals surface area contributed by atoms with Crippen LogP contribution >= 0.6 is 0 Å². The number of hydrogen-bond acceptors (Lipinski definition) is 5. The van der Waals surface area contributed by atoms with Gasteiger partial charge in [0.2, 0.25) is 0 Å². The molecule has 0 aliphatic carbocycles. The van der Waals surface area contributed by atoms with Gasteiger partial charge in [0.25, 0.3) is 0 Å². The van der Waals surface area contributed by atoms with Crippen LogP contribution in [0.5, 0.6) is 0 Å². The summed E-state index contributed by atoms with van der Waals surface area (Å²) in [6.07, 6.45) is 6.57. The van der Waals surface area contributed by atoms with E-state index in [-0.39, 0.29) is 0 Å². The predicted octanol–water partition coefficient (Wildman–Crippen LogP) is 2.76. The van der Waals surface area contributed by atoms with E-state index in [9.17, 15) is 0 Å². The second-order valence-corrected chi connectivity index (χ2v) is 4.99. The Hall–Kier alpha value is -2.76. The minimum Gasteiger partial charge on any atom is -0.377 e. The number of hydrogen-bond donors (Lipinski definition) is 1. The van der Waals surface area contributed by atoms with Crippen LogP contribution in [-0.4, -0.2) is 25.0 Å². The topological polar surface area (TPSA) is 68.5 Å². The Morgan fingerprint density at radius 3 is 2.59 bits per heavy atom. The maximum Gasteiger partial charge on any atom is 0.159 e. The molecule has 1 aromatic carbocycles. The van der Waals surface area contributed by atoms with Crippen molar-refractivity contribution < 1.29 is 0 Å². The summed E-state index contributed by atoms with van der Waals surface area (Å²) in [5.41, 5.74) is 2.78. The van der Waals surface area contributed by atoms with Gasteiger partial charge in [-0.05, 0) is 6.42 Å². The highest BCUT2D eigenvalue weighted by Gasteiger charge is 2.02. The lowest BCUT2D eigenvalue weighted by Gasteiger charge is -2.04. The third-order valence-electron chi connectivity index (χ3n) is 3.20. The fourth-order valence-corrected chi connectivity index (χ4v) is 2.11. The largest absolute Gasteiger partial charge is 0.377 e. The zero-order valence-electron chi connectivity index (χ0n) is 12.5. The molecule has 3 aromatic rings. The highest BCUT2D eigenvalue weighted by atomic mass is 15.4. The highest BCUT2D eigenvalue weighted by molar-refractivity contribution is 5.55. The second-order valence-electron chi connectivity index (χ2n) is 4.99. The van der Waals surface area contributed by atoms with Crippen molar-refractivity contribution in [3.05, 3.63) is 54.6 Å². The maximum absolute atomic E-state index is 4.38. The second kappa shape index (κ2) is 6.80. The molecule has 22 heavy (non-hydrogen) atoms. The van der Waals surface area contributed by atoms with Crippen LogP contribution < -0.4 is 5.32 Å². The monoisotopic (exact) mass is 294 g/mol. The molecule has 0 unspecified atom stereocenters. The molecule has 0 amide bonds. The summed E-state index contributed by atoms with van der Waals surface area (Å²) in [4.78, 5) is 8.76. The van der Waals surface area contributed by atoms with Gasteiger partial charge in [0.15, 0.2) is 5.82 Å². The van der Waals surface area contributed by atoms with Crippen molar-refractivity contribution in [2.45, 2.75) is 26.4 Å². The number of rotatable bonds is 6. The molecule has 6 heteroatoms. The highest BCUT2D eigenvalue weighted by Crippen LogP contribution is 2.15. The molecule has 0 radical (unpaired) electrons. The van der Waals surface area contributed by atoms with Gasteiger partial charge in [-0.25, -0.2) is 9.97 Å². The minimum atomic E-state index is 0.609. The first kappa shape index (κ1) is 14.2. The number of benzene rings is 1. The van der Waals surface area contributed by atoms with Crippen LogP contribution in [0.2, 0.25) is 0 Å². The average Bonchev–Trinajstić information content (AvgIpc) is 3.02. The van der Waals surface area contributed by atoms with Gasteiger partial charge in [-0.2, -0.15) is 0 Å². The van der Waals surface area contributed by atoms with Crippen molar-refractivity contribution in [3.63, 3.8) is 0 Å². The summed E-state index contributed by atoms with van der Waals surface area (Å²) in [6.45, 7) is 3.62. The quantitative estimate of drug-likeness (QED) is 0.757. The third-order valence-corrected chi connectivity index (χ3v) is 3.20. The van der Waals surface area contributed by atoms with Gasteiger partial charge < -0.3 is 5.32 Å². The molecule has 2 aromatic heterocycles. The Morgan fingerprint density at radius 1 is 1.09 bits per heavy atom. The van der Waals surface area contributed by atoms with E-state index >= 15 is 0 Å². The molecule has 0 aliphatic rings. The Morgan fingerprint density at radius 2 is 1.86 bits per heavy atom. The standard InChI is InChI=1S/C16H18N6/c1-2-8-22-12-15(20-21-22)11-17-14-9-18-16(19-10-14)13-6-4-3-5-7-13/h3-7,9-10,12,17H,2,8,11H2,1H3. The molecule has 0 saturated heterocycles. The summed E-state index contributed by atoms with van der Waals surface area (Å²) in [6, 6.07) is 9.92. The molecule has 0 fully saturated rings. The number of anilines is 1. The smallest absolute Gasteiger partial charge is 0.159 e. The third kappa shape index (κ3) is 3.46. The molecule has 2 heterocycles. The predicted molar refractivity (Wildman–Crippen MR) is 85.1 cm³/mol. The van der Waals surface area contributed by atoms with E-state index in [2.05, 4.69) is 32.5 Å². The molecule has 0 spiro atoms. The van der Waals surface area contributed by atoms with Crippen LogP contribution in [0, 0.1) is 0 Å². The lowest BCUT2D eigenvalue weighted by Crippen LogP contribution is -2.01. The zero-order chi connectivity index (χ0) is 15.2. The van der Waals surface area contributed by atoms with Crippen LogP contribution in [0.15, 0.2) is 48.9 Å². The first-order valence-corrected chi connectivity index (χ1v) is 7.35. The van der Waals surface area contributed by atoms with E-state index in [1.165, 1.54) is 0 Å². The average molecular weight is 294 g/mol. The van der Waals surface area contributed by atoms with Crippen molar-refractivity contribution in [2.75, 3.05) is 5.32 Å². The molecule has 3 rings (SSSR count). The van der Waals surface area contributed by atoms with E-state index in [0.29, 0.717) is 6.54 Å². The molecule has 112 valence electrons. The summed E-state index contributed by atoms with van der Waals surface area (Å²) >= 11 is 0. The van der Waals surface area contributed by atoms with Gasteiger partial charge in [0, 0.05) is 12.1 Å². The number of nitrogens with zero attached hydrogens (tertiary/aromatic N) is 5. The van der Waals surface area contributed by atoms with Gasteiger partial charge in [-0.3, -0.25) is 4.68 Å². The summed E-state index contributed by atoms with van der Waals surface area (Å²) in [5, 5.41) is 11.4. The molecule has 0 atom stereocenters. The Bertz CT molecular complexity index is 705. The van der Waals surface area contributed by atoms with Crippen molar-refractivity contribution in [1.82, 2.24) is 25.0 Å². The molecule has 6 nitrogen and oxygen atoms in total. The van der Waals surface area contributed by atoms with Crippen LogP contribution in [0.1, 0.15) is 19.0 Å². The minimum absolute atomic E-state index is 0.609. The number of aryl methyl sites for hydroxylation is 1. The van der Waals surface area contributed by atoms with Gasteiger partial charge in [-0.15, -0.1) is 5.10 Å². The fraction of sp³-hybridized carbons (Fsp3) is 0.250. The van der Waals surface area contributed by atoms with E-state index < -0.39 is 0 Å². The van der Waals surface area contributed by atoms with E-state index in [0.717, 1.165) is 35.7 Å². The normalized spacial score (nSPS) is 10.6. The van der Waals surface area contributed by atoms with Crippen molar-refractivity contribution in [3.8, 4) is 11.4 Å². The number of aromatic nitrogens is 5. The zero-order valence-corrected chi connectivity index (χ0v) is 12.5. The van der Waals surface area contributed by atoms with Gasteiger partial charge in [0.05, 0.1) is 30.8 Å². The summed E-state index contributed by atoms with van der Waals surface area (Å²) in [5.74, 6) is 0.722. The van der Waals surface area contributed by atoms with Crippen LogP contribution in [0.3, 0.4) is 0 Å². The van der Waals surface area contributed by atoms with Crippen molar-refractivity contribution in [1.29, 1.82) is 0 Å². The lowest BCUT2D eigenvalue weighted by atomic mass is 10.2. The SMILES string of the molecule is CCCn1cc(CNc2cnc(-c3ccccc3)nc2)nn1. The van der Waals surface area contributed by atoms with Gasteiger partial charge in [-0.1, -0.05) is 42.5 Å². The number of nitrogens with one attached hydrogen (secondary N) is 1. The van der Waals surface area contributed by atoms with E-state index in [1.54, 1.807) is 12.4 Å². The summed E-state index contributed by atoms with van der Waals surface area (Å²) < 4.78 is 1.85. The van der Waals surface area contributed by atoms with E-state index in [1.807, 2.05) is 41.2 Å². The maximum atomic E-state index is 4.38. The molecular weight excluding hydrogens is 276 g/mol. The molecular formula is C16H18N6. The lowest BCUT2D eigenvalue weighted by molar-refractivity contribution is 0.579. The molecule has 0 aliphatic heterocycles. The van der Waals surface area contributed by atoms with E-state index in [4.69, 9.17) is 0 Å². The summed E-state index contributed by atoms with van der Waals surface area (Å²) in [7, 11) is 0. The van der Waals surface area contributed by atoms with Crippen molar-refractivity contribution >= 4 is 5.69 Å². The first-order chi connectivity index (χ1) is 10.8. The van der Waals surface area contributed by atoms with Gasteiger partial charge >= 0.3 is 0 Å². The van der Waals surface area contributed by atoms with Gasteiger partial charge in [0.1, 0.15) is 5.69 Å². The molecule has 1 N–H and O–H groups in total. The van der Waals surface area contributed by atoms with Crippen molar-refractivity contribution in [2.24, 2.45) is 0 Å². The molecule has 0 bridgehead atoms. The fourth-order valence-electron chi connectivity index (χ4n) is 2.11. The first-order valence-electron chi connectivity index (χ1n) is 7.35. The van der Waals surface area contributed by atoms with Crippen LogP contribution in [0.4, 0.5) is 5.69 Å². The molecule has 0 saturated carbocycles. The Balaban J connectivity index is 1.61. The van der Waals surface area contributed by atoms with Crippen LogP contribution in [0.25, 0.3) is 11.4 Å². The Kier molecular flexibility index (Phi) is 4.38.